The number of hydrogen-bond acceptors (Lipinski definition) is 5. The molecule has 1 fully saturated rings. The van der Waals surface area contributed by atoms with E-state index in [1.807, 2.05) is 6.07 Å². The van der Waals surface area contributed by atoms with Gasteiger partial charge in [0, 0.05) is 13.0 Å². The van der Waals surface area contributed by atoms with Crippen LogP contribution in [0.3, 0.4) is 0 Å². The van der Waals surface area contributed by atoms with E-state index in [1.54, 1.807) is 6.92 Å². The number of hydrogen-bond donors (Lipinski definition) is 2. The lowest BCUT2D eigenvalue weighted by Crippen LogP contribution is -2.29. The normalized spacial score (nSPS) is 16.0. The van der Waals surface area contributed by atoms with Gasteiger partial charge in [-0.05, 0) is 63.4 Å². The number of aryl methyl sites for hydroxylation is 1. The van der Waals surface area contributed by atoms with Crippen molar-refractivity contribution in [1.82, 2.24) is 20.1 Å². The quantitative estimate of drug-likeness (QED) is 0.608. The number of H-pyrrole nitrogens is 1. The number of nitrogens with one attached hydrogen (secondary N) is 1. The molecule has 0 bridgehead atoms. The molecule has 2 aromatic rings. The summed E-state index contributed by atoms with van der Waals surface area (Å²) >= 11 is 0. The second kappa shape index (κ2) is 10.2. The fraction of sp³-hybridized carbons (Fsp3) is 0.571. The number of ether oxygens (including phenoxy) is 1. The molecule has 28 heavy (non-hydrogen) atoms. The lowest BCUT2D eigenvalue weighted by Gasteiger charge is -2.26. The van der Waals surface area contributed by atoms with Crippen LogP contribution in [-0.4, -0.2) is 50.9 Å². The molecule has 1 aliphatic heterocycles. The maximum absolute atomic E-state index is 11.0. The Morgan fingerprint density at radius 1 is 1.29 bits per heavy atom. The van der Waals surface area contributed by atoms with Crippen LogP contribution in [0.15, 0.2) is 24.3 Å². The summed E-state index contributed by atoms with van der Waals surface area (Å²) in [5.74, 6) is 0.384. The zero-order chi connectivity index (χ0) is 19.8. The molecule has 2 N–H and O–H groups in total. The van der Waals surface area contributed by atoms with E-state index >= 15 is 0 Å². The molecular formula is C21H30N4O3. The minimum atomic E-state index is -0.915. The number of aliphatic carboxylic acids is 1. The zero-order valence-corrected chi connectivity index (χ0v) is 16.6. The number of benzene rings is 1. The third kappa shape index (κ3) is 6.05. The number of unbranched alkanes of at least 4 members (excludes halogenated alkanes) is 1. The van der Waals surface area contributed by atoms with Gasteiger partial charge in [-0.25, -0.2) is 4.98 Å². The van der Waals surface area contributed by atoms with Crippen molar-refractivity contribution < 1.29 is 14.6 Å². The van der Waals surface area contributed by atoms with Crippen LogP contribution in [-0.2, 0) is 17.8 Å². The lowest BCUT2D eigenvalue weighted by molar-refractivity contribution is -0.138. The Kier molecular flexibility index (Phi) is 7.42. The molecular weight excluding hydrogens is 356 g/mol. The van der Waals surface area contributed by atoms with Crippen LogP contribution in [0.5, 0.6) is 5.75 Å². The maximum atomic E-state index is 11.0. The molecule has 2 heterocycles. The summed E-state index contributed by atoms with van der Waals surface area (Å²) in [6, 6.07) is 8.38. The SMILES string of the molecule is CC(C(=O)O)c1n[nH]c(CCCCOc2cccc(CN3CCCCC3)c2)n1. The van der Waals surface area contributed by atoms with Crippen LogP contribution in [0.1, 0.15) is 62.2 Å². The molecule has 3 rings (SSSR count). The van der Waals surface area contributed by atoms with E-state index in [2.05, 4.69) is 38.3 Å². The number of aromatic amines is 1. The fourth-order valence-corrected chi connectivity index (χ4v) is 3.42. The lowest BCUT2D eigenvalue weighted by atomic mass is 10.1. The Labute approximate surface area is 166 Å². The van der Waals surface area contributed by atoms with E-state index in [-0.39, 0.29) is 0 Å². The maximum Gasteiger partial charge on any atom is 0.314 e. The molecule has 1 saturated heterocycles. The summed E-state index contributed by atoms with van der Waals surface area (Å²) in [5, 5.41) is 15.8. The predicted molar refractivity (Wildman–Crippen MR) is 106 cm³/mol. The minimum absolute atomic E-state index is 0.337. The third-order valence-electron chi connectivity index (χ3n) is 5.14. The topological polar surface area (TPSA) is 91.3 Å². The molecule has 152 valence electrons. The van der Waals surface area contributed by atoms with Crippen molar-refractivity contribution >= 4 is 5.97 Å². The van der Waals surface area contributed by atoms with Gasteiger partial charge in [-0.15, -0.1) is 0 Å². The molecule has 0 saturated carbocycles. The number of rotatable bonds is 10. The van der Waals surface area contributed by atoms with Crippen LogP contribution in [0.2, 0.25) is 0 Å². The van der Waals surface area contributed by atoms with Crippen molar-refractivity contribution in [2.75, 3.05) is 19.7 Å². The zero-order valence-electron chi connectivity index (χ0n) is 16.6. The standard InChI is InChI=1S/C21H30N4O3/c1-16(21(26)27)20-22-19(23-24-20)10-3-6-13-28-18-9-7-8-17(14-18)15-25-11-4-2-5-12-25/h7-9,14,16H,2-6,10-13,15H2,1H3,(H,26,27)(H,22,23,24). The smallest absolute Gasteiger partial charge is 0.314 e. The molecule has 0 aliphatic carbocycles. The first-order valence-electron chi connectivity index (χ1n) is 10.2. The van der Waals surface area contributed by atoms with Gasteiger partial charge in [0.2, 0.25) is 0 Å². The summed E-state index contributed by atoms with van der Waals surface area (Å²) in [6.45, 7) is 5.63. The number of nitrogens with zero attached hydrogens (tertiary/aromatic N) is 3. The second-order valence-electron chi connectivity index (χ2n) is 7.49. The molecule has 0 radical (unpaired) electrons. The first-order valence-corrected chi connectivity index (χ1v) is 10.2. The second-order valence-corrected chi connectivity index (χ2v) is 7.49. The molecule has 1 atom stereocenters. The molecule has 1 unspecified atom stereocenters. The third-order valence-corrected chi connectivity index (χ3v) is 5.14. The first-order chi connectivity index (χ1) is 13.6. The summed E-state index contributed by atoms with van der Waals surface area (Å²) in [4.78, 5) is 17.7. The van der Waals surface area contributed by atoms with E-state index in [0.717, 1.165) is 37.4 Å². The first kappa shape index (κ1) is 20.3. The largest absolute Gasteiger partial charge is 0.494 e. The van der Waals surface area contributed by atoms with Gasteiger partial charge < -0.3 is 9.84 Å². The van der Waals surface area contributed by atoms with Crippen LogP contribution >= 0.6 is 0 Å². The van der Waals surface area contributed by atoms with E-state index in [0.29, 0.717) is 12.4 Å². The number of carboxylic acid groups (broad SMARTS) is 1. The molecule has 0 spiro atoms. The summed E-state index contributed by atoms with van der Waals surface area (Å²) in [5.41, 5.74) is 1.31. The van der Waals surface area contributed by atoms with Gasteiger partial charge in [-0.3, -0.25) is 14.8 Å². The van der Waals surface area contributed by atoms with Crippen LogP contribution in [0.25, 0.3) is 0 Å². The average molecular weight is 386 g/mol. The van der Waals surface area contributed by atoms with Crippen LogP contribution < -0.4 is 4.74 Å². The Morgan fingerprint density at radius 3 is 2.89 bits per heavy atom. The van der Waals surface area contributed by atoms with Crippen molar-refractivity contribution in [3.63, 3.8) is 0 Å². The molecule has 1 aromatic heterocycles. The van der Waals surface area contributed by atoms with E-state index in [9.17, 15) is 4.79 Å². The van der Waals surface area contributed by atoms with E-state index in [4.69, 9.17) is 9.84 Å². The average Bonchev–Trinajstić information content (AvgIpc) is 3.17. The number of carboxylic acids is 1. The Morgan fingerprint density at radius 2 is 2.11 bits per heavy atom. The minimum Gasteiger partial charge on any atom is -0.494 e. The molecule has 7 nitrogen and oxygen atoms in total. The summed E-state index contributed by atoms with van der Waals surface area (Å²) in [6.07, 6.45) is 6.51. The van der Waals surface area contributed by atoms with Crippen molar-refractivity contribution in [3.05, 3.63) is 41.5 Å². The van der Waals surface area contributed by atoms with Gasteiger partial charge in [-0.1, -0.05) is 18.6 Å². The Bertz CT molecular complexity index is 756. The fourth-order valence-electron chi connectivity index (χ4n) is 3.42. The molecule has 1 aromatic carbocycles. The van der Waals surface area contributed by atoms with Crippen molar-refractivity contribution in [2.45, 2.75) is 57.9 Å². The van der Waals surface area contributed by atoms with Gasteiger partial charge in [-0.2, -0.15) is 5.10 Å². The highest BCUT2D eigenvalue weighted by Crippen LogP contribution is 2.18. The van der Waals surface area contributed by atoms with E-state index in [1.165, 1.54) is 37.9 Å². The molecule has 1 aliphatic rings. The van der Waals surface area contributed by atoms with E-state index < -0.39 is 11.9 Å². The molecule has 7 heteroatoms. The van der Waals surface area contributed by atoms with Gasteiger partial charge in [0.05, 0.1) is 6.61 Å². The van der Waals surface area contributed by atoms with Gasteiger partial charge in [0.15, 0.2) is 5.82 Å². The van der Waals surface area contributed by atoms with Crippen molar-refractivity contribution in [1.29, 1.82) is 0 Å². The van der Waals surface area contributed by atoms with Crippen molar-refractivity contribution in [3.8, 4) is 5.75 Å². The molecule has 0 amide bonds. The number of carbonyl (C=O) groups is 1. The highest BCUT2D eigenvalue weighted by molar-refractivity contribution is 5.74. The predicted octanol–water partition coefficient (Wildman–Crippen LogP) is 3.38. The Hall–Kier alpha value is -2.41. The number of likely N-dealkylation sites (tertiary alicyclic amines) is 1. The highest BCUT2D eigenvalue weighted by Gasteiger charge is 2.18. The highest BCUT2D eigenvalue weighted by atomic mass is 16.5. The summed E-state index contributed by atoms with van der Waals surface area (Å²) in [7, 11) is 0. The van der Waals surface area contributed by atoms with Crippen LogP contribution in [0, 0.1) is 0 Å². The summed E-state index contributed by atoms with van der Waals surface area (Å²) < 4.78 is 5.91. The van der Waals surface area contributed by atoms with Crippen molar-refractivity contribution in [2.24, 2.45) is 0 Å². The van der Waals surface area contributed by atoms with Gasteiger partial charge >= 0.3 is 5.97 Å². The number of aromatic nitrogens is 3. The van der Waals surface area contributed by atoms with Gasteiger partial charge in [0.1, 0.15) is 17.5 Å². The Balaban J connectivity index is 1.37. The number of piperidine rings is 1. The van der Waals surface area contributed by atoms with Crippen LogP contribution in [0.4, 0.5) is 0 Å². The van der Waals surface area contributed by atoms with Gasteiger partial charge in [0.25, 0.3) is 0 Å². The monoisotopic (exact) mass is 386 g/mol.